The second-order valence-corrected chi connectivity index (χ2v) is 5.98. The Morgan fingerprint density at radius 3 is 2.00 bits per heavy atom. The molecule has 0 aromatic heterocycles. The Labute approximate surface area is 133 Å². The summed E-state index contributed by atoms with van der Waals surface area (Å²) in [5.41, 5.74) is 8.20. The second-order valence-electron chi connectivity index (χ2n) is 5.98. The Hall–Kier alpha value is -2.34. The molecule has 0 fully saturated rings. The summed E-state index contributed by atoms with van der Waals surface area (Å²) in [5.74, 6) is 0.387. The van der Waals surface area contributed by atoms with E-state index < -0.39 is 0 Å². The lowest BCUT2D eigenvalue weighted by atomic mass is 9.83. The molecule has 0 spiro atoms. The van der Waals surface area contributed by atoms with Crippen LogP contribution in [0.2, 0.25) is 0 Å². The fourth-order valence-electron chi connectivity index (χ4n) is 3.35. The maximum Gasteiger partial charge on any atom is 0.00724 e. The van der Waals surface area contributed by atoms with E-state index in [1.54, 1.807) is 0 Å². The van der Waals surface area contributed by atoms with Gasteiger partial charge in [0, 0.05) is 5.92 Å². The van der Waals surface area contributed by atoms with Crippen LogP contribution in [0.1, 0.15) is 35.1 Å². The first-order valence-corrected chi connectivity index (χ1v) is 7.89. The van der Waals surface area contributed by atoms with Crippen molar-refractivity contribution in [2.24, 2.45) is 0 Å². The molecule has 0 aliphatic rings. The number of benzene rings is 3. The molecule has 0 heterocycles. The van der Waals surface area contributed by atoms with E-state index in [1.165, 1.54) is 33.4 Å². The van der Waals surface area contributed by atoms with Gasteiger partial charge in [0.15, 0.2) is 0 Å². The lowest BCUT2D eigenvalue weighted by Crippen LogP contribution is -2.03. The molecule has 0 radical (unpaired) electrons. The summed E-state index contributed by atoms with van der Waals surface area (Å²) in [4.78, 5) is 0. The monoisotopic (exact) mass is 286 g/mol. The first-order valence-electron chi connectivity index (χ1n) is 7.89. The van der Waals surface area contributed by atoms with Gasteiger partial charge in [-0.3, -0.25) is 0 Å². The summed E-state index contributed by atoms with van der Waals surface area (Å²) in [7, 11) is 0. The minimum absolute atomic E-state index is 0.387. The molecule has 0 nitrogen and oxygen atoms in total. The molecule has 3 aromatic carbocycles. The molecule has 0 aliphatic carbocycles. The zero-order valence-corrected chi connectivity index (χ0v) is 13.5. The summed E-state index contributed by atoms with van der Waals surface area (Å²) in [6.45, 7) is 6.74. The van der Waals surface area contributed by atoms with E-state index in [-0.39, 0.29) is 0 Å². The van der Waals surface area contributed by atoms with E-state index in [0.717, 1.165) is 0 Å². The standard InChI is InChI=1S/C22H22/c1-16-10-7-8-14-20(16)18(3)22-17(2)11-9-15-21(22)19-12-5-4-6-13-19/h4-15,18H,1-3H3. The highest BCUT2D eigenvalue weighted by Gasteiger charge is 2.17. The maximum atomic E-state index is 2.32. The predicted octanol–water partition coefficient (Wildman–Crippen LogP) is 6.12. The summed E-state index contributed by atoms with van der Waals surface area (Å²) in [5, 5.41) is 0. The van der Waals surface area contributed by atoms with Crippen molar-refractivity contribution in [2.75, 3.05) is 0 Å². The van der Waals surface area contributed by atoms with Gasteiger partial charge in [-0.1, -0.05) is 79.7 Å². The van der Waals surface area contributed by atoms with Crippen LogP contribution < -0.4 is 0 Å². The highest BCUT2D eigenvalue weighted by molar-refractivity contribution is 5.70. The molecule has 0 amide bonds. The summed E-state index contributed by atoms with van der Waals surface area (Å²) >= 11 is 0. The molecule has 0 saturated heterocycles. The van der Waals surface area contributed by atoms with Crippen molar-refractivity contribution < 1.29 is 0 Å². The van der Waals surface area contributed by atoms with Crippen molar-refractivity contribution in [3.05, 3.63) is 95.1 Å². The van der Waals surface area contributed by atoms with E-state index >= 15 is 0 Å². The quantitative estimate of drug-likeness (QED) is 0.544. The van der Waals surface area contributed by atoms with Crippen molar-refractivity contribution >= 4 is 0 Å². The van der Waals surface area contributed by atoms with E-state index in [1.807, 2.05) is 0 Å². The van der Waals surface area contributed by atoms with Crippen LogP contribution in [-0.2, 0) is 0 Å². The van der Waals surface area contributed by atoms with Crippen LogP contribution in [0.25, 0.3) is 11.1 Å². The van der Waals surface area contributed by atoms with Gasteiger partial charge in [0.25, 0.3) is 0 Å². The average molecular weight is 286 g/mol. The van der Waals surface area contributed by atoms with Crippen LogP contribution in [0.15, 0.2) is 72.8 Å². The van der Waals surface area contributed by atoms with Gasteiger partial charge in [-0.25, -0.2) is 0 Å². The summed E-state index contributed by atoms with van der Waals surface area (Å²) in [6.07, 6.45) is 0. The van der Waals surface area contributed by atoms with Crippen molar-refractivity contribution in [2.45, 2.75) is 26.7 Å². The van der Waals surface area contributed by atoms with Gasteiger partial charge in [0.1, 0.15) is 0 Å². The van der Waals surface area contributed by atoms with Crippen LogP contribution >= 0.6 is 0 Å². The SMILES string of the molecule is Cc1ccccc1C(C)c1c(C)cccc1-c1ccccc1. The fourth-order valence-corrected chi connectivity index (χ4v) is 3.35. The molecule has 22 heavy (non-hydrogen) atoms. The van der Waals surface area contributed by atoms with Crippen molar-refractivity contribution in [3.8, 4) is 11.1 Å². The first kappa shape index (κ1) is 14.6. The third kappa shape index (κ3) is 2.69. The molecule has 0 bridgehead atoms. The zero-order valence-electron chi connectivity index (χ0n) is 13.5. The molecule has 3 aromatic rings. The first-order chi connectivity index (χ1) is 10.7. The lowest BCUT2D eigenvalue weighted by molar-refractivity contribution is 0.901. The van der Waals surface area contributed by atoms with Gasteiger partial charge in [-0.15, -0.1) is 0 Å². The van der Waals surface area contributed by atoms with Crippen LogP contribution in [0.5, 0.6) is 0 Å². The molecular weight excluding hydrogens is 264 g/mol. The number of hydrogen-bond acceptors (Lipinski definition) is 0. The zero-order chi connectivity index (χ0) is 15.5. The Kier molecular flexibility index (Phi) is 4.11. The molecule has 0 aliphatic heterocycles. The van der Waals surface area contributed by atoms with E-state index in [4.69, 9.17) is 0 Å². The Morgan fingerprint density at radius 1 is 0.636 bits per heavy atom. The van der Waals surface area contributed by atoms with Gasteiger partial charge < -0.3 is 0 Å². The topological polar surface area (TPSA) is 0 Å². The molecule has 0 saturated carbocycles. The molecule has 3 rings (SSSR count). The van der Waals surface area contributed by atoms with E-state index in [0.29, 0.717) is 5.92 Å². The maximum absolute atomic E-state index is 2.32. The van der Waals surface area contributed by atoms with Crippen molar-refractivity contribution in [1.82, 2.24) is 0 Å². The smallest absolute Gasteiger partial charge is 0.00724 e. The highest BCUT2D eigenvalue weighted by Crippen LogP contribution is 2.36. The van der Waals surface area contributed by atoms with Gasteiger partial charge in [-0.2, -0.15) is 0 Å². The van der Waals surface area contributed by atoms with Crippen LogP contribution in [0.3, 0.4) is 0 Å². The summed E-state index contributed by atoms with van der Waals surface area (Å²) < 4.78 is 0. The molecule has 1 unspecified atom stereocenters. The predicted molar refractivity (Wildman–Crippen MR) is 95.3 cm³/mol. The molecular formula is C22H22. The third-order valence-electron chi connectivity index (χ3n) is 4.50. The van der Waals surface area contributed by atoms with E-state index in [2.05, 4.69) is 93.6 Å². The second kappa shape index (κ2) is 6.19. The molecule has 0 heteroatoms. The van der Waals surface area contributed by atoms with Crippen molar-refractivity contribution in [1.29, 1.82) is 0 Å². The number of hydrogen-bond donors (Lipinski definition) is 0. The Morgan fingerprint density at radius 2 is 1.27 bits per heavy atom. The molecule has 1 atom stereocenters. The Balaban J connectivity index is 2.17. The fraction of sp³-hybridized carbons (Fsp3) is 0.182. The third-order valence-corrected chi connectivity index (χ3v) is 4.50. The number of rotatable bonds is 3. The lowest BCUT2D eigenvalue weighted by Gasteiger charge is -2.21. The molecule has 0 N–H and O–H groups in total. The van der Waals surface area contributed by atoms with Gasteiger partial charge in [0.05, 0.1) is 0 Å². The number of aryl methyl sites for hydroxylation is 2. The minimum Gasteiger partial charge on any atom is -0.0622 e. The molecule has 110 valence electrons. The normalized spacial score (nSPS) is 12.1. The van der Waals surface area contributed by atoms with Gasteiger partial charge in [0.2, 0.25) is 0 Å². The largest absolute Gasteiger partial charge is 0.0622 e. The van der Waals surface area contributed by atoms with Crippen LogP contribution in [0, 0.1) is 13.8 Å². The van der Waals surface area contributed by atoms with Gasteiger partial charge in [-0.05, 0) is 47.2 Å². The minimum atomic E-state index is 0.387. The van der Waals surface area contributed by atoms with Gasteiger partial charge >= 0.3 is 0 Å². The van der Waals surface area contributed by atoms with Crippen LogP contribution in [0.4, 0.5) is 0 Å². The Bertz CT molecular complexity index is 769. The van der Waals surface area contributed by atoms with E-state index in [9.17, 15) is 0 Å². The van der Waals surface area contributed by atoms with Crippen LogP contribution in [-0.4, -0.2) is 0 Å². The van der Waals surface area contributed by atoms with Crippen molar-refractivity contribution in [3.63, 3.8) is 0 Å². The highest BCUT2D eigenvalue weighted by atomic mass is 14.2. The average Bonchev–Trinajstić information content (AvgIpc) is 2.55. The summed E-state index contributed by atoms with van der Waals surface area (Å²) in [6, 6.07) is 26.0.